The number of ketones is 1. The maximum absolute atomic E-state index is 10.7. The van der Waals surface area contributed by atoms with Crippen molar-refractivity contribution in [1.82, 2.24) is 0 Å². The second-order valence-corrected chi connectivity index (χ2v) is 3.44. The Hall–Kier alpha value is -2.03. The Morgan fingerprint density at radius 1 is 1.25 bits per heavy atom. The Bertz CT molecular complexity index is 458. The highest BCUT2D eigenvalue weighted by Gasteiger charge is 2.11. The van der Waals surface area contributed by atoms with Crippen LogP contribution < -0.4 is 9.47 Å². The van der Waals surface area contributed by atoms with Crippen LogP contribution in [0, 0.1) is 0 Å². The molecule has 1 aromatic rings. The molecule has 0 N–H and O–H groups in total. The van der Waals surface area contributed by atoms with Gasteiger partial charge in [-0.1, -0.05) is 24.3 Å². The van der Waals surface area contributed by atoms with Crippen LogP contribution in [0.4, 0.5) is 0 Å². The molecule has 1 heterocycles. The first-order chi connectivity index (χ1) is 7.75. The highest BCUT2D eigenvalue weighted by Crippen LogP contribution is 2.32. The molecule has 0 fully saturated rings. The summed E-state index contributed by atoms with van der Waals surface area (Å²) < 4.78 is 10.5. The minimum Gasteiger partial charge on any atom is -0.454 e. The van der Waals surface area contributed by atoms with Crippen molar-refractivity contribution in [2.75, 3.05) is 6.79 Å². The fraction of sp³-hybridized carbons (Fsp3) is 0.154. The monoisotopic (exact) mass is 216 g/mol. The molecule has 1 aliphatic rings. The summed E-state index contributed by atoms with van der Waals surface area (Å²) in [5, 5.41) is 0. The topological polar surface area (TPSA) is 35.5 Å². The quantitative estimate of drug-likeness (QED) is 0.575. The van der Waals surface area contributed by atoms with Crippen LogP contribution in [0.2, 0.25) is 0 Å². The van der Waals surface area contributed by atoms with E-state index in [1.165, 1.54) is 13.0 Å². The number of benzene rings is 1. The Kier molecular flexibility index (Phi) is 3.05. The maximum Gasteiger partial charge on any atom is 0.231 e. The Morgan fingerprint density at radius 3 is 2.88 bits per heavy atom. The lowest BCUT2D eigenvalue weighted by atomic mass is 10.2. The van der Waals surface area contributed by atoms with Gasteiger partial charge in [-0.25, -0.2) is 0 Å². The number of fused-ring (bicyclic) bond motifs is 1. The molecule has 3 nitrogen and oxygen atoms in total. The third kappa shape index (κ3) is 2.51. The molecule has 0 saturated heterocycles. The first-order valence-electron chi connectivity index (χ1n) is 5.01. The van der Waals surface area contributed by atoms with Gasteiger partial charge in [-0.3, -0.25) is 4.79 Å². The van der Waals surface area contributed by atoms with Gasteiger partial charge in [0.15, 0.2) is 17.3 Å². The van der Waals surface area contributed by atoms with Crippen LogP contribution in [0.1, 0.15) is 12.5 Å². The summed E-state index contributed by atoms with van der Waals surface area (Å²) in [6.45, 7) is 1.80. The molecule has 1 aliphatic heterocycles. The predicted octanol–water partition coefficient (Wildman–Crippen LogP) is 2.57. The van der Waals surface area contributed by atoms with Crippen LogP contribution in [-0.4, -0.2) is 12.6 Å². The summed E-state index contributed by atoms with van der Waals surface area (Å²) in [6.07, 6.45) is 6.96. The van der Waals surface area contributed by atoms with E-state index in [1.807, 2.05) is 30.4 Å². The van der Waals surface area contributed by atoms with Crippen molar-refractivity contribution in [2.45, 2.75) is 6.92 Å². The standard InChI is InChI=1S/C13H12O3/c1-10(14)4-2-3-5-11-6-7-12-13(8-11)16-9-15-12/h2-8H,9H2,1H3/b4-2+,5-3+. The van der Waals surface area contributed by atoms with Crippen LogP contribution in [0.15, 0.2) is 36.4 Å². The van der Waals surface area contributed by atoms with Gasteiger partial charge < -0.3 is 9.47 Å². The smallest absolute Gasteiger partial charge is 0.231 e. The molecule has 0 saturated carbocycles. The summed E-state index contributed by atoms with van der Waals surface area (Å²) in [5.41, 5.74) is 1.01. The van der Waals surface area contributed by atoms with Crippen LogP contribution in [-0.2, 0) is 4.79 Å². The van der Waals surface area contributed by atoms with E-state index in [0.29, 0.717) is 0 Å². The van der Waals surface area contributed by atoms with Gasteiger partial charge in [-0.05, 0) is 30.7 Å². The van der Waals surface area contributed by atoms with E-state index in [-0.39, 0.29) is 12.6 Å². The largest absolute Gasteiger partial charge is 0.454 e. The third-order valence-corrected chi connectivity index (χ3v) is 2.13. The summed E-state index contributed by atoms with van der Waals surface area (Å²) in [5.74, 6) is 1.57. The van der Waals surface area contributed by atoms with E-state index >= 15 is 0 Å². The Labute approximate surface area is 94.0 Å². The van der Waals surface area contributed by atoms with E-state index in [9.17, 15) is 4.79 Å². The van der Waals surface area contributed by atoms with E-state index in [0.717, 1.165) is 17.1 Å². The van der Waals surface area contributed by atoms with E-state index in [1.54, 1.807) is 6.08 Å². The lowest BCUT2D eigenvalue weighted by molar-refractivity contribution is -0.112. The molecule has 16 heavy (non-hydrogen) atoms. The number of carbonyl (C=O) groups excluding carboxylic acids is 1. The van der Waals surface area contributed by atoms with Crippen LogP contribution >= 0.6 is 0 Å². The molecular formula is C13H12O3. The Morgan fingerprint density at radius 2 is 2.06 bits per heavy atom. The first-order valence-corrected chi connectivity index (χ1v) is 5.01. The van der Waals surface area contributed by atoms with Gasteiger partial charge in [0, 0.05) is 0 Å². The number of carbonyl (C=O) groups is 1. The van der Waals surface area contributed by atoms with Crippen molar-refractivity contribution in [3.05, 3.63) is 42.0 Å². The molecule has 0 aliphatic carbocycles. The van der Waals surface area contributed by atoms with Crippen molar-refractivity contribution in [1.29, 1.82) is 0 Å². The van der Waals surface area contributed by atoms with Crippen molar-refractivity contribution in [3.8, 4) is 11.5 Å². The van der Waals surface area contributed by atoms with Gasteiger partial charge in [-0.2, -0.15) is 0 Å². The molecule has 0 unspecified atom stereocenters. The molecule has 0 spiro atoms. The zero-order chi connectivity index (χ0) is 11.4. The fourth-order valence-corrected chi connectivity index (χ4v) is 1.37. The predicted molar refractivity (Wildman–Crippen MR) is 61.4 cm³/mol. The zero-order valence-electron chi connectivity index (χ0n) is 8.97. The fourth-order valence-electron chi connectivity index (χ4n) is 1.37. The van der Waals surface area contributed by atoms with Gasteiger partial charge >= 0.3 is 0 Å². The number of hydrogen-bond donors (Lipinski definition) is 0. The average molecular weight is 216 g/mol. The molecule has 0 amide bonds. The number of rotatable bonds is 3. The normalized spacial score (nSPS) is 13.8. The van der Waals surface area contributed by atoms with Crippen LogP contribution in [0.5, 0.6) is 11.5 Å². The van der Waals surface area contributed by atoms with E-state index in [2.05, 4.69) is 0 Å². The number of ether oxygens (including phenoxy) is 2. The molecule has 0 aromatic heterocycles. The minimum absolute atomic E-state index is 0.0373. The summed E-state index contributed by atoms with van der Waals surface area (Å²) in [4.78, 5) is 10.7. The molecule has 0 radical (unpaired) electrons. The van der Waals surface area contributed by atoms with Gasteiger partial charge in [0.05, 0.1) is 0 Å². The van der Waals surface area contributed by atoms with E-state index in [4.69, 9.17) is 9.47 Å². The summed E-state index contributed by atoms with van der Waals surface area (Å²) >= 11 is 0. The van der Waals surface area contributed by atoms with Crippen LogP contribution in [0.3, 0.4) is 0 Å². The highest BCUT2D eigenvalue weighted by atomic mass is 16.7. The molecular weight excluding hydrogens is 204 g/mol. The van der Waals surface area contributed by atoms with Gasteiger partial charge in [0.1, 0.15) is 0 Å². The third-order valence-electron chi connectivity index (χ3n) is 2.13. The Balaban J connectivity index is 2.08. The first kappa shape index (κ1) is 10.5. The average Bonchev–Trinajstić information content (AvgIpc) is 2.71. The summed E-state index contributed by atoms with van der Waals surface area (Å²) in [7, 11) is 0. The molecule has 82 valence electrons. The van der Waals surface area contributed by atoms with Gasteiger partial charge in [-0.15, -0.1) is 0 Å². The van der Waals surface area contributed by atoms with E-state index < -0.39 is 0 Å². The lowest BCUT2D eigenvalue weighted by Crippen LogP contribution is -1.92. The molecule has 0 atom stereocenters. The second-order valence-electron chi connectivity index (χ2n) is 3.44. The second kappa shape index (κ2) is 4.66. The maximum atomic E-state index is 10.7. The molecule has 2 rings (SSSR count). The zero-order valence-corrected chi connectivity index (χ0v) is 8.97. The van der Waals surface area contributed by atoms with Crippen LogP contribution in [0.25, 0.3) is 6.08 Å². The van der Waals surface area contributed by atoms with Crippen molar-refractivity contribution >= 4 is 11.9 Å². The summed E-state index contributed by atoms with van der Waals surface area (Å²) in [6, 6.07) is 5.71. The van der Waals surface area contributed by atoms with Crippen molar-refractivity contribution < 1.29 is 14.3 Å². The van der Waals surface area contributed by atoms with Crippen molar-refractivity contribution in [2.24, 2.45) is 0 Å². The number of hydrogen-bond acceptors (Lipinski definition) is 3. The lowest BCUT2D eigenvalue weighted by Gasteiger charge is -1.96. The molecule has 1 aromatic carbocycles. The van der Waals surface area contributed by atoms with Crippen molar-refractivity contribution in [3.63, 3.8) is 0 Å². The number of allylic oxidation sites excluding steroid dienone is 3. The van der Waals surface area contributed by atoms with Gasteiger partial charge in [0.25, 0.3) is 0 Å². The van der Waals surface area contributed by atoms with Gasteiger partial charge in [0.2, 0.25) is 6.79 Å². The minimum atomic E-state index is 0.0373. The SMILES string of the molecule is CC(=O)/C=C/C=C/c1ccc2c(c1)OCO2. The highest BCUT2D eigenvalue weighted by molar-refractivity contribution is 5.87. The molecule has 0 bridgehead atoms. The molecule has 3 heteroatoms.